The van der Waals surface area contributed by atoms with Crippen molar-refractivity contribution in [1.29, 1.82) is 0 Å². The van der Waals surface area contributed by atoms with Gasteiger partial charge in [-0.15, -0.1) is 13.2 Å². The van der Waals surface area contributed by atoms with Crippen LogP contribution in [-0.4, -0.2) is 12.5 Å². The van der Waals surface area contributed by atoms with Gasteiger partial charge in [-0.05, 0) is 67.0 Å². The average Bonchev–Trinajstić information content (AvgIpc) is 2.68. The molecule has 6 heteroatoms. The van der Waals surface area contributed by atoms with Crippen LogP contribution in [0.4, 0.5) is 18.9 Å². The van der Waals surface area contributed by atoms with Crippen LogP contribution in [0.1, 0.15) is 51.9 Å². The standard InChI is InChI=1S/C23H28F3NO2/c1-2-3-4-16-5-10-19(11-6-16)28-22-14-9-18(15-21(22)27)17-7-12-20(13-8-17)29-23(24,25)26/h7-9,12-16,19H,2-6,10-11,27H2,1H3. The normalized spacial score (nSPS) is 19.7. The van der Waals surface area contributed by atoms with Crippen LogP contribution in [0, 0.1) is 5.92 Å². The number of benzene rings is 2. The Hall–Kier alpha value is -2.37. The number of ether oxygens (including phenoxy) is 2. The van der Waals surface area contributed by atoms with E-state index in [0.29, 0.717) is 11.4 Å². The fraction of sp³-hybridized carbons (Fsp3) is 0.478. The lowest BCUT2D eigenvalue weighted by Crippen LogP contribution is -2.24. The zero-order chi connectivity index (χ0) is 20.9. The Bertz CT molecular complexity index is 782. The molecular formula is C23H28F3NO2. The molecule has 158 valence electrons. The summed E-state index contributed by atoms with van der Waals surface area (Å²) in [5.74, 6) is 1.24. The van der Waals surface area contributed by atoms with E-state index in [1.54, 1.807) is 18.2 Å². The molecule has 0 atom stereocenters. The molecule has 0 heterocycles. The Morgan fingerprint density at radius 1 is 0.966 bits per heavy atom. The Morgan fingerprint density at radius 3 is 2.21 bits per heavy atom. The Kier molecular flexibility index (Phi) is 6.93. The molecule has 3 rings (SSSR count). The number of alkyl halides is 3. The molecule has 0 bridgehead atoms. The van der Waals surface area contributed by atoms with E-state index in [9.17, 15) is 13.2 Å². The van der Waals surface area contributed by atoms with Gasteiger partial charge in [0, 0.05) is 0 Å². The van der Waals surface area contributed by atoms with Gasteiger partial charge in [0.1, 0.15) is 11.5 Å². The van der Waals surface area contributed by atoms with E-state index in [4.69, 9.17) is 10.5 Å². The Labute approximate surface area is 170 Å². The van der Waals surface area contributed by atoms with E-state index in [2.05, 4.69) is 11.7 Å². The van der Waals surface area contributed by atoms with E-state index in [0.717, 1.165) is 29.9 Å². The van der Waals surface area contributed by atoms with Crippen molar-refractivity contribution >= 4 is 5.69 Å². The molecule has 0 aromatic heterocycles. The fourth-order valence-corrected chi connectivity index (χ4v) is 3.90. The van der Waals surface area contributed by atoms with E-state index in [-0.39, 0.29) is 11.9 Å². The first-order valence-corrected chi connectivity index (χ1v) is 10.3. The minimum Gasteiger partial charge on any atom is -0.488 e. The van der Waals surface area contributed by atoms with Crippen molar-refractivity contribution in [2.24, 2.45) is 5.92 Å². The maximum atomic E-state index is 12.3. The van der Waals surface area contributed by atoms with Crippen LogP contribution in [0.2, 0.25) is 0 Å². The van der Waals surface area contributed by atoms with Gasteiger partial charge >= 0.3 is 6.36 Å². The summed E-state index contributed by atoms with van der Waals surface area (Å²) in [6.45, 7) is 2.23. The molecule has 2 N–H and O–H groups in total. The molecule has 1 fully saturated rings. The molecule has 0 amide bonds. The summed E-state index contributed by atoms with van der Waals surface area (Å²) in [7, 11) is 0. The van der Waals surface area contributed by atoms with Crippen molar-refractivity contribution in [1.82, 2.24) is 0 Å². The average molecular weight is 407 g/mol. The molecule has 0 radical (unpaired) electrons. The van der Waals surface area contributed by atoms with Crippen molar-refractivity contribution in [3.8, 4) is 22.6 Å². The van der Waals surface area contributed by atoms with Gasteiger partial charge in [-0.2, -0.15) is 0 Å². The molecule has 3 nitrogen and oxygen atoms in total. The van der Waals surface area contributed by atoms with Crippen LogP contribution < -0.4 is 15.2 Å². The van der Waals surface area contributed by atoms with E-state index >= 15 is 0 Å². The van der Waals surface area contributed by atoms with Gasteiger partial charge in [0.25, 0.3) is 0 Å². The van der Waals surface area contributed by atoms with Gasteiger partial charge in [0.15, 0.2) is 0 Å². The number of nitrogens with two attached hydrogens (primary N) is 1. The topological polar surface area (TPSA) is 44.5 Å². The first-order chi connectivity index (χ1) is 13.8. The summed E-state index contributed by atoms with van der Waals surface area (Å²) >= 11 is 0. The zero-order valence-electron chi connectivity index (χ0n) is 16.7. The maximum Gasteiger partial charge on any atom is 0.573 e. The molecule has 0 spiro atoms. The highest BCUT2D eigenvalue weighted by molar-refractivity contribution is 5.71. The molecule has 1 aliphatic rings. The molecular weight excluding hydrogens is 379 g/mol. The number of rotatable bonds is 7. The van der Waals surface area contributed by atoms with Gasteiger partial charge < -0.3 is 15.2 Å². The van der Waals surface area contributed by atoms with Crippen LogP contribution in [0.3, 0.4) is 0 Å². The van der Waals surface area contributed by atoms with Crippen LogP contribution in [-0.2, 0) is 0 Å². The lowest BCUT2D eigenvalue weighted by Gasteiger charge is -2.29. The summed E-state index contributed by atoms with van der Waals surface area (Å²) in [5.41, 5.74) is 8.29. The highest BCUT2D eigenvalue weighted by Crippen LogP contribution is 2.34. The third-order valence-electron chi connectivity index (χ3n) is 5.48. The summed E-state index contributed by atoms with van der Waals surface area (Å²) in [5, 5.41) is 0. The Morgan fingerprint density at radius 2 is 1.62 bits per heavy atom. The second kappa shape index (κ2) is 9.42. The fourth-order valence-electron chi connectivity index (χ4n) is 3.90. The molecule has 1 aliphatic carbocycles. The number of hydrogen-bond acceptors (Lipinski definition) is 3. The first kappa shape index (κ1) is 21.3. The number of hydrogen-bond donors (Lipinski definition) is 1. The number of nitrogen functional groups attached to an aromatic ring is 1. The van der Waals surface area contributed by atoms with E-state index in [1.165, 1.54) is 44.2 Å². The second-order valence-electron chi connectivity index (χ2n) is 7.73. The summed E-state index contributed by atoms with van der Waals surface area (Å²) in [4.78, 5) is 0. The lowest BCUT2D eigenvalue weighted by molar-refractivity contribution is -0.274. The number of unbranched alkanes of at least 4 members (excludes halogenated alkanes) is 1. The highest BCUT2D eigenvalue weighted by atomic mass is 19.4. The van der Waals surface area contributed by atoms with Gasteiger partial charge in [-0.3, -0.25) is 0 Å². The van der Waals surface area contributed by atoms with Gasteiger partial charge in [0.05, 0.1) is 11.8 Å². The van der Waals surface area contributed by atoms with Crippen LogP contribution in [0.15, 0.2) is 42.5 Å². The van der Waals surface area contributed by atoms with E-state index in [1.807, 2.05) is 12.1 Å². The summed E-state index contributed by atoms with van der Waals surface area (Å²) in [6, 6.07) is 11.2. The molecule has 0 aliphatic heterocycles. The predicted molar refractivity (Wildman–Crippen MR) is 109 cm³/mol. The van der Waals surface area contributed by atoms with Crippen molar-refractivity contribution in [3.05, 3.63) is 42.5 Å². The van der Waals surface area contributed by atoms with Crippen molar-refractivity contribution < 1.29 is 22.6 Å². The highest BCUT2D eigenvalue weighted by Gasteiger charge is 2.31. The van der Waals surface area contributed by atoms with Crippen LogP contribution in [0.25, 0.3) is 11.1 Å². The van der Waals surface area contributed by atoms with Gasteiger partial charge in [0.2, 0.25) is 0 Å². The minimum absolute atomic E-state index is 0.194. The third kappa shape index (κ3) is 6.31. The predicted octanol–water partition coefficient (Wildman–Crippen LogP) is 6.96. The first-order valence-electron chi connectivity index (χ1n) is 10.3. The van der Waals surface area contributed by atoms with Crippen LogP contribution >= 0.6 is 0 Å². The minimum atomic E-state index is -4.69. The van der Waals surface area contributed by atoms with Gasteiger partial charge in [-0.25, -0.2) is 0 Å². The quantitative estimate of drug-likeness (QED) is 0.505. The monoisotopic (exact) mass is 407 g/mol. The van der Waals surface area contributed by atoms with Crippen LogP contribution in [0.5, 0.6) is 11.5 Å². The van der Waals surface area contributed by atoms with E-state index < -0.39 is 6.36 Å². The smallest absolute Gasteiger partial charge is 0.488 e. The molecule has 0 unspecified atom stereocenters. The van der Waals surface area contributed by atoms with Crippen molar-refractivity contribution in [3.63, 3.8) is 0 Å². The molecule has 1 saturated carbocycles. The zero-order valence-corrected chi connectivity index (χ0v) is 16.7. The van der Waals surface area contributed by atoms with Crippen molar-refractivity contribution in [2.75, 3.05) is 5.73 Å². The van der Waals surface area contributed by atoms with Crippen molar-refractivity contribution in [2.45, 2.75) is 64.3 Å². The molecule has 2 aromatic carbocycles. The molecule has 0 saturated heterocycles. The number of halogens is 3. The van der Waals surface area contributed by atoms with Gasteiger partial charge in [-0.1, -0.05) is 44.4 Å². The molecule has 2 aromatic rings. The SMILES string of the molecule is CCCCC1CCC(Oc2ccc(-c3ccc(OC(F)(F)F)cc3)cc2N)CC1. The summed E-state index contributed by atoms with van der Waals surface area (Å²) in [6.07, 6.45) is 3.87. The lowest BCUT2D eigenvalue weighted by atomic mass is 9.84. The third-order valence-corrected chi connectivity index (χ3v) is 5.48. The maximum absolute atomic E-state index is 12.3. The second-order valence-corrected chi connectivity index (χ2v) is 7.73. The molecule has 29 heavy (non-hydrogen) atoms. The summed E-state index contributed by atoms with van der Waals surface area (Å²) < 4.78 is 46.9. The largest absolute Gasteiger partial charge is 0.573 e. The number of anilines is 1. The Balaban J connectivity index is 1.59.